The third-order valence-corrected chi connectivity index (χ3v) is 3.99. The Morgan fingerprint density at radius 3 is 2.41 bits per heavy atom. The van der Waals surface area contributed by atoms with Crippen molar-refractivity contribution < 1.29 is 23.2 Å². The number of carboxylic acid groups (broad SMARTS) is 1. The summed E-state index contributed by atoms with van der Waals surface area (Å²) in [5.41, 5.74) is -0.448. The van der Waals surface area contributed by atoms with Crippen LogP contribution in [0.3, 0.4) is 0 Å². The van der Waals surface area contributed by atoms with E-state index in [1.54, 1.807) is 0 Å². The predicted molar refractivity (Wildman–Crippen MR) is 75.1 cm³/mol. The van der Waals surface area contributed by atoms with E-state index < -0.39 is 20.9 Å². The summed E-state index contributed by atoms with van der Waals surface area (Å²) in [7, 11) is -4.00. The number of nitrogens with zero attached hydrogens (tertiary/aromatic N) is 2. The highest BCUT2D eigenvalue weighted by atomic mass is 32.2. The number of hydrogen-bond acceptors (Lipinski definition) is 6. The maximum absolute atomic E-state index is 12.1. The van der Waals surface area contributed by atoms with Gasteiger partial charge in [-0.25, -0.2) is 13.2 Å². The van der Waals surface area contributed by atoms with Gasteiger partial charge in [-0.15, -0.1) is 0 Å². The highest BCUT2D eigenvalue weighted by Gasteiger charge is 2.17. The SMILES string of the molecule is O=C(O)c1cncc(NS(=O)(=O)c2ccc([N+](=O)[O-])cc2)c1. The van der Waals surface area contributed by atoms with Crippen molar-refractivity contribution in [1.82, 2.24) is 4.98 Å². The number of carboxylic acids is 1. The lowest BCUT2D eigenvalue weighted by atomic mass is 10.3. The van der Waals surface area contributed by atoms with E-state index in [4.69, 9.17) is 5.11 Å². The van der Waals surface area contributed by atoms with Gasteiger partial charge in [0, 0.05) is 18.3 Å². The Morgan fingerprint density at radius 1 is 1.23 bits per heavy atom. The fourth-order valence-corrected chi connectivity index (χ4v) is 2.61. The van der Waals surface area contributed by atoms with Crippen LogP contribution < -0.4 is 4.72 Å². The number of rotatable bonds is 5. The lowest BCUT2D eigenvalue weighted by molar-refractivity contribution is -0.384. The lowest BCUT2D eigenvalue weighted by Gasteiger charge is -2.08. The van der Waals surface area contributed by atoms with Crippen molar-refractivity contribution in [3.63, 3.8) is 0 Å². The van der Waals surface area contributed by atoms with Crippen LogP contribution in [0.15, 0.2) is 47.6 Å². The van der Waals surface area contributed by atoms with E-state index in [0.29, 0.717) is 0 Å². The Morgan fingerprint density at radius 2 is 1.86 bits per heavy atom. The van der Waals surface area contributed by atoms with Crippen LogP contribution in [0.1, 0.15) is 10.4 Å². The van der Waals surface area contributed by atoms with Gasteiger partial charge in [0.2, 0.25) is 0 Å². The van der Waals surface area contributed by atoms with Crippen LogP contribution in [0.4, 0.5) is 11.4 Å². The number of nitrogens with one attached hydrogen (secondary N) is 1. The Hall–Kier alpha value is -3.01. The van der Waals surface area contributed by atoms with E-state index >= 15 is 0 Å². The molecule has 0 spiro atoms. The zero-order chi connectivity index (χ0) is 16.3. The minimum absolute atomic E-state index is 0.0294. The number of carbonyl (C=O) groups is 1. The molecule has 0 aliphatic rings. The number of nitro groups is 1. The number of benzene rings is 1. The van der Waals surface area contributed by atoms with Crippen molar-refractivity contribution in [3.05, 3.63) is 58.4 Å². The van der Waals surface area contributed by atoms with Gasteiger partial charge in [-0.2, -0.15) is 0 Å². The van der Waals surface area contributed by atoms with Crippen molar-refractivity contribution in [1.29, 1.82) is 0 Å². The lowest BCUT2D eigenvalue weighted by Crippen LogP contribution is -2.13. The molecule has 1 aromatic carbocycles. The summed E-state index contributed by atoms with van der Waals surface area (Å²) < 4.78 is 26.4. The number of hydrogen-bond donors (Lipinski definition) is 2. The van der Waals surface area contributed by atoms with Crippen molar-refractivity contribution in [2.75, 3.05) is 4.72 Å². The molecule has 0 bridgehead atoms. The van der Waals surface area contributed by atoms with E-state index in [1.165, 1.54) is 0 Å². The number of sulfonamides is 1. The molecular formula is C12H9N3O6S. The molecule has 2 aromatic rings. The molecule has 0 saturated carbocycles. The molecule has 10 heteroatoms. The number of aromatic nitrogens is 1. The number of aromatic carboxylic acids is 1. The number of nitro benzene ring substituents is 1. The van der Waals surface area contributed by atoms with Crippen LogP contribution >= 0.6 is 0 Å². The number of pyridine rings is 1. The Kier molecular flexibility index (Phi) is 4.04. The molecule has 0 unspecified atom stereocenters. The molecule has 0 aliphatic heterocycles. The average Bonchev–Trinajstić information content (AvgIpc) is 2.47. The second kappa shape index (κ2) is 5.77. The third-order valence-electron chi connectivity index (χ3n) is 2.60. The normalized spacial score (nSPS) is 10.9. The largest absolute Gasteiger partial charge is 0.478 e. The van der Waals surface area contributed by atoms with Crippen LogP contribution in [0.2, 0.25) is 0 Å². The molecule has 1 heterocycles. The molecule has 0 fully saturated rings. The second-order valence-electron chi connectivity index (χ2n) is 4.12. The maximum atomic E-state index is 12.1. The molecule has 0 aliphatic carbocycles. The van der Waals surface area contributed by atoms with Crippen molar-refractivity contribution in [3.8, 4) is 0 Å². The number of anilines is 1. The molecule has 2 N–H and O–H groups in total. The Labute approximate surface area is 124 Å². The summed E-state index contributed by atoms with van der Waals surface area (Å²) >= 11 is 0. The minimum Gasteiger partial charge on any atom is -0.478 e. The molecule has 1 aromatic heterocycles. The molecule has 0 atom stereocenters. The first kappa shape index (κ1) is 15.4. The Balaban J connectivity index is 2.29. The highest BCUT2D eigenvalue weighted by molar-refractivity contribution is 7.92. The van der Waals surface area contributed by atoms with Crippen LogP contribution in [0.5, 0.6) is 0 Å². The van der Waals surface area contributed by atoms with Gasteiger partial charge in [0.25, 0.3) is 15.7 Å². The van der Waals surface area contributed by atoms with E-state index in [2.05, 4.69) is 9.71 Å². The van der Waals surface area contributed by atoms with Crippen LogP contribution in [0, 0.1) is 10.1 Å². The van der Waals surface area contributed by atoms with Crippen molar-refractivity contribution in [2.45, 2.75) is 4.90 Å². The highest BCUT2D eigenvalue weighted by Crippen LogP contribution is 2.19. The van der Waals surface area contributed by atoms with Gasteiger partial charge in [-0.1, -0.05) is 0 Å². The van der Waals surface area contributed by atoms with Gasteiger partial charge in [-0.05, 0) is 18.2 Å². The topological polar surface area (TPSA) is 140 Å². The van der Waals surface area contributed by atoms with Gasteiger partial charge in [-0.3, -0.25) is 19.8 Å². The molecule has 114 valence electrons. The van der Waals surface area contributed by atoms with Crippen LogP contribution in [-0.2, 0) is 10.0 Å². The molecule has 22 heavy (non-hydrogen) atoms. The van der Waals surface area contributed by atoms with Gasteiger partial charge in [0.1, 0.15) is 0 Å². The van der Waals surface area contributed by atoms with E-state index in [1.807, 2.05) is 0 Å². The maximum Gasteiger partial charge on any atom is 0.337 e. The predicted octanol–water partition coefficient (Wildman–Crippen LogP) is 1.49. The van der Waals surface area contributed by atoms with Crippen LogP contribution in [0.25, 0.3) is 0 Å². The van der Waals surface area contributed by atoms with Gasteiger partial charge >= 0.3 is 5.97 Å². The summed E-state index contributed by atoms with van der Waals surface area (Å²) in [5.74, 6) is -1.25. The smallest absolute Gasteiger partial charge is 0.337 e. The zero-order valence-electron chi connectivity index (χ0n) is 10.8. The fourth-order valence-electron chi connectivity index (χ4n) is 1.57. The minimum atomic E-state index is -4.00. The molecule has 0 saturated heterocycles. The average molecular weight is 323 g/mol. The molecule has 0 radical (unpaired) electrons. The van der Waals surface area contributed by atoms with E-state index in [9.17, 15) is 23.3 Å². The van der Waals surface area contributed by atoms with Gasteiger partial charge < -0.3 is 5.11 Å². The Bertz CT molecular complexity index is 832. The monoisotopic (exact) mass is 323 g/mol. The molecular weight excluding hydrogens is 314 g/mol. The van der Waals surface area contributed by atoms with Gasteiger partial charge in [0.05, 0.1) is 27.3 Å². The van der Waals surface area contributed by atoms with E-state index in [-0.39, 0.29) is 21.8 Å². The molecule has 9 nitrogen and oxygen atoms in total. The van der Waals surface area contributed by atoms with Crippen molar-refractivity contribution >= 4 is 27.4 Å². The van der Waals surface area contributed by atoms with Crippen molar-refractivity contribution in [2.24, 2.45) is 0 Å². The summed E-state index contributed by atoms with van der Waals surface area (Å²) in [6.45, 7) is 0. The summed E-state index contributed by atoms with van der Waals surface area (Å²) in [6.07, 6.45) is 2.22. The first-order valence-electron chi connectivity index (χ1n) is 5.75. The van der Waals surface area contributed by atoms with E-state index in [0.717, 1.165) is 42.7 Å². The molecule has 2 rings (SSSR count). The summed E-state index contributed by atoms with van der Waals surface area (Å²) in [5, 5.41) is 19.4. The quantitative estimate of drug-likeness (QED) is 0.627. The first-order chi connectivity index (χ1) is 10.3. The third kappa shape index (κ3) is 3.35. The summed E-state index contributed by atoms with van der Waals surface area (Å²) in [4.78, 5) is 24.1. The zero-order valence-corrected chi connectivity index (χ0v) is 11.6. The fraction of sp³-hybridized carbons (Fsp3) is 0. The first-order valence-corrected chi connectivity index (χ1v) is 7.23. The second-order valence-corrected chi connectivity index (χ2v) is 5.81. The van der Waals surface area contributed by atoms with Gasteiger partial charge in [0.15, 0.2) is 0 Å². The number of non-ortho nitro benzene ring substituents is 1. The summed E-state index contributed by atoms with van der Waals surface area (Å²) in [6, 6.07) is 5.38. The molecule has 0 amide bonds. The standard InChI is InChI=1S/C12H9N3O6S/c16-12(17)8-5-9(7-13-6-8)14-22(20,21)11-3-1-10(2-4-11)15(18)19/h1-7,14H,(H,16,17). The van der Waals surface area contributed by atoms with Crippen LogP contribution in [-0.4, -0.2) is 29.4 Å².